The van der Waals surface area contributed by atoms with Crippen molar-refractivity contribution in [3.05, 3.63) is 29.8 Å². The lowest BCUT2D eigenvalue weighted by molar-refractivity contribution is -0.134. The summed E-state index contributed by atoms with van der Waals surface area (Å²) in [4.78, 5) is 13.9. The van der Waals surface area contributed by atoms with Crippen molar-refractivity contribution in [1.29, 1.82) is 0 Å². The molecule has 0 saturated carbocycles. The molecule has 1 aromatic rings. The highest BCUT2D eigenvalue weighted by atomic mass is 32.2. The van der Waals surface area contributed by atoms with Crippen LogP contribution < -0.4 is 4.90 Å². The summed E-state index contributed by atoms with van der Waals surface area (Å²) >= 11 is 1.63. The molecule has 1 fully saturated rings. The summed E-state index contributed by atoms with van der Waals surface area (Å²) in [6.45, 7) is 4.28. The summed E-state index contributed by atoms with van der Waals surface area (Å²) in [6, 6.07) is 7.96. The molecule has 1 unspecified atom stereocenters. The van der Waals surface area contributed by atoms with Crippen molar-refractivity contribution < 1.29 is 9.90 Å². The second-order valence-corrected chi connectivity index (χ2v) is 6.55. The average molecular weight is 279 g/mol. The second kappa shape index (κ2) is 5.55. The normalized spacial score (nSPS) is 22.8. The van der Waals surface area contributed by atoms with E-state index in [2.05, 4.69) is 13.8 Å². The molecule has 1 aliphatic heterocycles. The van der Waals surface area contributed by atoms with Crippen molar-refractivity contribution in [3.8, 4) is 0 Å². The van der Waals surface area contributed by atoms with Crippen LogP contribution in [0.25, 0.3) is 0 Å². The van der Waals surface area contributed by atoms with Gasteiger partial charge in [-0.3, -0.25) is 4.79 Å². The predicted molar refractivity (Wildman–Crippen MR) is 80.8 cm³/mol. The Morgan fingerprint density at radius 2 is 2.00 bits per heavy atom. The highest BCUT2D eigenvalue weighted by molar-refractivity contribution is 7.99. The van der Waals surface area contributed by atoms with Crippen LogP contribution in [-0.2, 0) is 4.79 Å². The molecule has 2 rings (SSSR count). The largest absolute Gasteiger partial charge is 0.379 e. The fraction of sp³-hybridized carbons (Fsp3) is 0.533. The number of benzene rings is 1. The third-order valence-corrected chi connectivity index (χ3v) is 4.83. The van der Waals surface area contributed by atoms with Gasteiger partial charge >= 0.3 is 0 Å². The Labute approximate surface area is 119 Å². The molecule has 1 saturated heterocycles. The van der Waals surface area contributed by atoms with Gasteiger partial charge in [0.15, 0.2) is 5.60 Å². The van der Waals surface area contributed by atoms with Crippen LogP contribution in [0.5, 0.6) is 0 Å². The Morgan fingerprint density at radius 3 is 2.47 bits per heavy atom. The van der Waals surface area contributed by atoms with E-state index in [-0.39, 0.29) is 5.91 Å². The summed E-state index contributed by atoms with van der Waals surface area (Å²) in [6.07, 6.45) is 0.547. The molecule has 1 atom stereocenters. The third kappa shape index (κ3) is 2.95. The fourth-order valence-electron chi connectivity index (χ4n) is 2.24. The van der Waals surface area contributed by atoms with E-state index < -0.39 is 5.60 Å². The molecule has 1 aliphatic rings. The smallest absolute Gasteiger partial charge is 0.259 e. The molecule has 1 N–H and O–H groups in total. The number of aliphatic hydroxyl groups is 1. The van der Waals surface area contributed by atoms with Crippen LogP contribution in [-0.4, -0.2) is 35.2 Å². The molecule has 1 aromatic carbocycles. The van der Waals surface area contributed by atoms with E-state index in [4.69, 9.17) is 0 Å². The first-order valence-corrected chi connectivity index (χ1v) is 7.78. The van der Waals surface area contributed by atoms with Crippen molar-refractivity contribution in [1.82, 2.24) is 0 Å². The van der Waals surface area contributed by atoms with Gasteiger partial charge in [-0.15, -0.1) is 0 Å². The molecule has 0 aromatic heterocycles. The maximum Gasteiger partial charge on any atom is 0.259 e. The van der Waals surface area contributed by atoms with E-state index >= 15 is 0 Å². The number of rotatable bonds is 3. The molecule has 0 aliphatic carbocycles. The predicted octanol–water partition coefficient (Wildman–Crippen LogP) is 2.64. The van der Waals surface area contributed by atoms with E-state index in [9.17, 15) is 9.90 Å². The molecule has 104 valence electrons. The molecule has 1 heterocycles. The standard InChI is InChI=1S/C15H21NO2S/c1-11(2)12-4-6-13(7-5-12)16(3)14(17)15(18)8-9-19-10-15/h4-7,11,18H,8-10H2,1-3H3. The van der Waals surface area contributed by atoms with E-state index in [1.54, 1.807) is 23.7 Å². The van der Waals surface area contributed by atoms with Crippen LogP contribution in [0.1, 0.15) is 31.7 Å². The van der Waals surface area contributed by atoms with Crippen molar-refractivity contribution in [3.63, 3.8) is 0 Å². The summed E-state index contributed by atoms with van der Waals surface area (Å²) in [5.74, 6) is 1.63. The molecule has 0 radical (unpaired) electrons. The molecule has 0 bridgehead atoms. The number of anilines is 1. The van der Waals surface area contributed by atoms with Gasteiger partial charge in [0.25, 0.3) is 5.91 Å². The molecule has 0 spiro atoms. The Kier molecular flexibility index (Phi) is 4.21. The number of carbonyl (C=O) groups excluding carboxylic acids is 1. The summed E-state index contributed by atoms with van der Waals surface area (Å²) in [5.41, 5.74) is 0.898. The van der Waals surface area contributed by atoms with Crippen molar-refractivity contribution in [2.24, 2.45) is 0 Å². The Hall–Kier alpha value is -1.00. The van der Waals surface area contributed by atoms with E-state index in [1.807, 2.05) is 24.3 Å². The molecule has 3 nitrogen and oxygen atoms in total. The zero-order chi connectivity index (χ0) is 14.0. The van der Waals surface area contributed by atoms with Crippen LogP contribution in [0.15, 0.2) is 24.3 Å². The van der Waals surface area contributed by atoms with E-state index in [0.717, 1.165) is 11.4 Å². The topological polar surface area (TPSA) is 40.5 Å². The molecular formula is C15H21NO2S. The van der Waals surface area contributed by atoms with E-state index in [1.165, 1.54) is 5.56 Å². The lowest BCUT2D eigenvalue weighted by Gasteiger charge is -2.27. The first-order valence-electron chi connectivity index (χ1n) is 6.62. The lowest BCUT2D eigenvalue weighted by Crippen LogP contribution is -2.47. The quantitative estimate of drug-likeness (QED) is 0.924. The minimum atomic E-state index is -1.18. The highest BCUT2D eigenvalue weighted by Gasteiger charge is 2.41. The monoisotopic (exact) mass is 279 g/mol. The van der Waals surface area contributed by atoms with Crippen molar-refractivity contribution in [2.75, 3.05) is 23.5 Å². The van der Waals surface area contributed by atoms with Gasteiger partial charge in [0, 0.05) is 18.5 Å². The van der Waals surface area contributed by atoms with Crippen LogP contribution in [0.4, 0.5) is 5.69 Å². The van der Waals surface area contributed by atoms with Crippen molar-refractivity contribution >= 4 is 23.4 Å². The van der Waals surface area contributed by atoms with Crippen LogP contribution in [0.2, 0.25) is 0 Å². The highest BCUT2D eigenvalue weighted by Crippen LogP contribution is 2.31. The Bertz CT molecular complexity index is 450. The van der Waals surface area contributed by atoms with Gasteiger partial charge in [-0.25, -0.2) is 0 Å². The van der Waals surface area contributed by atoms with Gasteiger partial charge in [0.1, 0.15) is 0 Å². The Morgan fingerprint density at radius 1 is 1.37 bits per heavy atom. The lowest BCUT2D eigenvalue weighted by atomic mass is 10.0. The number of hydrogen-bond donors (Lipinski definition) is 1. The fourth-order valence-corrected chi connectivity index (χ4v) is 3.47. The maximum absolute atomic E-state index is 12.3. The first kappa shape index (κ1) is 14.4. The van der Waals surface area contributed by atoms with Gasteiger partial charge in [0.05, 0.1) is 0 Å². The molecular weight excluding hydrogens is 258 g/mol. The van der Waals surface area contributed by atoms with Gasteiger partial charge in [-0.05, 0) is 35.8 Å². The zero-order valence-corrected chi connectivity index (χ0v) is 12.5. The SMILES string of the molecule is CC(C)c1ccc(N(C)C(=O)C2(O)CCSC2)cc1. The zero-order valence-electron chi connectivity index (χ0n) is 11.7. The summed E-state index contributed by atoms with van der Waals surface area (Å²) < 4.78 is 0. The number of nitrogens with zero attached hydrogens (tertiary/aromatic N) is 1. The van der Waals surface area contributed by atoms with Crippen molar-refractivity contribution in [2.45, 2.75) is 31.8 Å². The second-order valence-electron chi connectivity index (χ2n) is 5.44. The minimum Gasteiger partial charge on any atom is -0.379 e. The minimum absolute atomic E-state index is 0.199. The van der Waals surface area contributed by atoms with Crippen LogP contribution >= 0.6 is 11.8 Å². The van der Waals surface area contributed by atoms with Gasteiger partial charge in [0.2, 0.25) is 0 Å². The van der Waals surface area contributed by atoms with Crippen LogP contribution in [0.3, 0.4) is 0 Å². The summed E-state index contributed by atoms with van der Waals surface area (Å²) in [7, 11) is 1.73. The third-order valence-electron chi connectivity index (χ3n) is 3.65. The number of amides is 1. The Balaban J connectivity index is 2.14. The molecule has 1 amide bonds. The van der Waals surface area contributed by atoms with Gasteiger partial charge in [-0.1, -0.05) is 26.0 Å². The van der Waals surface area contributed by atoms with Gasteiger partial charge in [-0.2, -0.15) is 11.8 Å². The first-order chi connectivity index (χ1) is 8.94. The number of likely N-dealkylation sites (N-methyl/N-ethyl adjacent to an activating group) is 1. The number of hydrogen-bond acceptors (Lipinski definition) is 3. The molecule has 4 heteroatoms. The van der Waals surface area contributed by atoms with Gasteiger partial charge < -0.3 is 10.0 Å². The average Bonchev–Trinajstić information content (AvgIpc) is 2.85. The number of carbonyl (C=O) groups is 1. The molecule has 19 heavy (non-hydrogen) atoms. The van der Waals surface area contributed by atoms with Crippen LogP contribution in [0, 0.1) is 0 Å². The number of thioether (sulfide) groups is 1. The summed E-state index contributed by atoms with van der Waals surface area (Å²) in [5, 5.41) is 10.3. The maximum atomic E-state index is 12.3. The van der Waals surface area contributed by atoms with E-state index in [0.29, 0.717) is 18.1 Å².